The van der Waals surface area contributed by atoms with Gasteiger partial charge in [0, 0.05) is 38.6 Å². The number of rotatable bonds is 3. The van der Waals surface area contributed by atoms with Crippen LogP contribution >= 0.6 is 0 Å². The van der Waals surface area contributed by atoms with Crippen LogP contribution in [0.2, 0.25) is 0 Å². The van der Waals surface area contributed by atoms with Gasteiger partial charge in [-0.2, -0.15) is 0 Å². The molecule has 3 nitrogen and oxygen atoms in total. The molecule has 0 aromatic rings. The number of hydrogen-bond acceptors (Lipinski definition) is 3. The lowest BCUT2D eigenvalue weighted by atomic mass is 10.3. The maximum Gasteiger partial charge on any atom is 0.0531 e. The molecule has 2 rings (SSSR count). The van der Waals surface area contributed by atoms with E-state index in [1.165, 1.54) is 31.6 Å². The van der Waals surface area contributed by atoms with Crippen molar-refractivity contribution in [2.45, 2.75) is 12.8 Å². The molecule has 2 N–H and O–H groups in total. The van der Waals surface area contributed by atoms with Crippen molar-refractivity contribution in [1.82, 2.24) is 9.80 Å². The molecule has 0 aromatic heterocycles. The minimum atomic E-state index is 0.689. The first-order valence-electron chi connectivity index (χ1n) is 5.67. The fraction of sp³-hybridized carbons (Fsp3) is 0.500. The summed E-state index contributed by atoms with van der Waals surface area (Å²) in [5.74, 6) is 0. The topological polar surface area (TPSA) is 32.5 Å². The molecular weight excluding hydrogens is 186 g/mol. The molecule has 0 aromatic carbocycles. The third kappa shape index (κ3) is 2.63. The highest BCUT2D eigenvalue weighted by atomic mass is 15.2. The van der Waals surface area contributed by atoms with Crippen LogP contribution in [-0.4, -0.2) is 36.0 Å². The van der Waals surface area contributed by atoms with E-state index in [1.807, 2.05) is 0 Å². The van der Waals surface area contributed by atoms with Crippen molar-refractivity contribution in [3.8, 4) is 0 Å². The standard InChI is InChI=1S/C12H19N3/c13-6-10-14-7-2-1-5-12(11-14)15-8-3-4-9-15/h1-2,5,7,11H,3-4,6,8-10,13H2. The first-order valence-corrected chi connectivity index (χ1v) is 5.67. The summed E-state index contributed by atoms with van der Waals surface area (Å²) >= 11 is 0. The summed E-state index contributed by atoms with van der Waals surface area (Å²) < 4.78 is 0. The van der Waals surface area contributed by atoms with Crippen molar-refractivity contribution in [3.05, 3.63) is 36.3 Å². The lowest BCUT2D eigenvalue weighted by molar-refractivity contribution is 0.418. The van der Waals surface area contributed by atoms with Gasteiger partial charge in [0.25, 0.3) is 0 Å². The average molecular weight is 205 g/mol. The number of allylic oxidation sites excluding steroid dienone is 3. The van der Waals surface area contributed by atoms with Gasteiger partial charge in [-0.15, -0.1) is 0 Å². The molecule has 0 spiro atoms. The summed E-state index contributed by atoms with van der Waals surface area (Å²) in [5, 5.41) is 0. The lowest BCUT2D eigenvalue weighted by Crippen LogP contribution is -2.23. The zero-order valence-electron chi connectivity index (χ0n) is 9.10. The second-order valence-electron chi connectivity index (χ2n) is 3.98. The first-order chi connectivity index (χ1) is 7.40. The summed E-state index contributed by atoms with van der Waals surface area (Å²) in [6.45, 7) is 3.95. The molecule has 2 aliphatic rings. The second-order valence-corrected chi connectivity index (χ2v) is 3.98. The minimum absolute atomic E-state index is 0.689. The Balaban J connectivity index is 2.07. The number of likely N-dealkylation sites (tertiary alicyclic amines) is 1. The highest BCUT2D eigenvalue weighted by molar-refractivity contribution is 5.25. The second kappa shape index (κ2) is 5.03. The highest BCUT2D eigenvalue weighted by Crippen LogP contribution is 2.17. The third-order valence-corrected chi connectivity index (χ3v) is 2.81. The summed E-state index contributed by atoms with van der Waals surface area (Å²) in [6, 6.07) is 0. The smallest absolute Gasteiger partial charge is 0.0531 e. The molecule has 0 aliphatic carbocycles. The predicted molar refractivity (Wildman–Crippen MR) is 62.9 cm³/mol. The Morgan fingerprint density at radius 3 is 2.73 bits per heavy atom. The van der Waals surface area contributed by atoms with Gasteiger partial charge < -0.3 is 15.5 Å². The number of nitrogens with two attached hydrogens (primary N) is 1. The SMILES string of the molecule is NCCN1C=CC=CC(N2CCCC2)=C1. The Labute approximate surface area is 91.5 Å². The van der Waals surface area contributed by atoms with Crippen molar-refractivity contribution in [2.75, 3.05) is 26.2 Å². The van der Waals surface area contributed by atoms with Crippen LogP contribution in [0.3, 0.4) is 0 Å². The normalized spacial score (nSPS) is 20.7. The largest absolute Gasteiger partial charge is 0.370 e. The van der Waals surface area contributed by atoms with Gasteiger partial charge in [0.15, 0.2) is 0 Å². The molecule has 1 saturated heterocycles. The van der Waals surface area contributed by atoms with E-state index in [2.05, 4.69) is 40.4 Å². The first kappa shape index (κ1) is 10.3. The zero-order valence-corrected chi connectivity index (χ0v) is 9.10. The van der Waals surface area contributed by atoms with E-state index in [1.54, 1.807) is 0 Å². The highest BCUT2D eigenvalue weighted by Gasteiger charge is 2.13. The van der Waals surface area contributed by atoms with Gasteiger partial charge in [-0.1, -0.05) is 6.08 Å². The van der Waals surface area contributed by atoms with Gasteiger partial charge in [0.2, 0.25) is 0 Å². The van der Waals surface area contributed by atoms with Crippen molar-refractivity contribution in [1.29, 1.82) is 0 Å². The van der Waals surface area contributed by atoms with Crippen molar-refractivity contribution in [3.63, 3.8) is 0 Å². The monoisotopic (exact) mass is 205 g/mol. The Morgan fingerprint density at radius 1 is 1.20 bits per heavy atom. The quantitative estimate of drug-likeness (QED) is 0.753. The van der Waals surface area contributed by atoms with Gasteiger partial charge in [-0.05, 0) is 25.0 Å². The van der Waals surface area contributed by atoms with Gasteiger partial charge in [-0.25, -0.2) is 0 Å². The molecule has 0 amide bonds. The van der Waals surface area contributed by atoms with Gasteiger partial charge in [0.05, 0.1) is 5.70 Å². The lowest BCUT2D eigenvalue weighted by Gasteiger charge is -2.21. The Kier molecular flexibility index (Phi) is 3.45. The molecule has 15 heavy (non-hydrogen) atoms. The molecule has 1 fully saturated rings. The fourth-order valence-electron chi connectivity index (χ4n) is 2.02. The summed E-state index contributed by atoms with van der Waals surface area (Å²) in [4.78, 5) is 4.60. The van der Waals surface area contributed by atoms with E-state index >= 15 is 0 Å². The van der Waals surface area contributed by atoms with Crippen LogP contribution in [0.15, 0.2) is 36.3 Å². The van der Waals surface area contributed by atoms with Crippen LogP contribution in [0.5, 0.6) is 0 Å². The summed E-state index contributed by atoms with van der Waals surface area (Å²) in [7, 11) is 0. The van der Waals surface area contributed by atoms with Gasteiger partial charge in [-0.3, -0.25) is 0 Å². The molecule has 0 bridgehead atoms. The van der Waals surface area contributed by atoms with E-state index in [-0.39, 0.29) is 0 Å². The Hall–Kier alpha value is -1.22. The van der Waals surface area contributed by atoms with Crippen molar-refractivity contribution in [2.24, 2.45) is 5.73 Å². The zero-order chi connectivity index (χ0) is 10.5. The average Bonchev–Trinajstić information content (AvgIpc) is 2.67. The number of hydrogen-bond donors (Lipinski definition) is 1. The van der Waals surface area contributed by atoms with Crippen LogP contribution in [-0.2, 0) is 0 Å². The van der Waals surface area contributed by atoms with Gasteiger partial charge >= 0.3 is 0 Å². The van der Waals surface area contributed by atoms with E-state index < -0.39 is 0 Å². The molecule has 3 heteroatoms. The maximum atomic E-state index is 5.57. The molecule has 82 valence electrons. The molecular formula is C12H19N3. The molecule has 0 radical (unpaired) electrons. The van der Waals surface area contributed by atoms with E-state index in [0.717, 1.165) is 6.54 Å². The van der Waals surface area contributed by atoms with E-state index in [9.17, 15) is 0 Å². The van der Waals surface area contributed by atoms with Crippen LogP contribution in [0.4, 0.5) is 0 Å². The predicted octanol–water partition coefficient (Wildman–Crippen LogP) is 1.27. The van der Waals surface area contributed by atoms with Crippen molar-refractivity contribution >= 4 is 0 Å². The van der Waals surface area contributed by atoms with Crippen LogP contribution in [0.1, 0.15) is 12.8 Å². The summed E-state index contributed by atoms with van der Waals surface area (Å²) in [6.07, 6.45) is 13.2. The molecule has 2 aliphatic heterocycles. The molecule has 0 saturated carbocycles. The molecule has 0 unspecified atom stereocenters. The minimum Gasteiger partial charge on any atom is -0.370 e. The van der Waals surface area contributed by atoms with Crippen LogP contribution in [0.25, 0.3) is 0 Å². The van der Waals surface area contributed by atoms with Gasteiger partial charge in [0.1, 0.15) is 0 Å². The van der Waals surface area contributed by atoms with E-state index in [4.69, 9.17) is 5.73 Å². The fourth-order valence-corrected chi connectivity index (χ4v) is 2.02. The summed E-state index contributed by atoms with van der Waals surface area (Å²) in [5.41, 5.74) is 6.88. The van der Waals surface area contributed by atoms with E-state index in [0.29, 0.717) is 6.54 Å². The Morgan fingerprint density at radius 2 is 2.00 bits per heavy atom. The third-order valence-electron chi connectivity index (χ3n) is 2.81. The van der Waals surface area contributed by atoms with Crippen LogP contribution < -0.4 is 5.73 Å². The van der Waals surface area contributed by atoms with Crippen LogP contribution in [0, 0.1) is 0 Å². The number of nitrogens with zero attached hydrogens (tertiary/aromatic N) is 2. The molecule has 0 atom stereocenters. The Bertz CT molecular complexity index is 285. The maximum absolute atomic E-state index is 5.57. The van der Waals surface area contributed by atoms with Crippen molar-refractivity contribution < 1.29 is 0 Å². The molecule has 2 heterocycles.